The first-order valence-electron chi connectivity index (χ1n) is 4.82. The lowest BCUT2D eigenvalue weighted by Crippen LogP contribution is -2.45. The number of Topliss-reactive ketones (excluding diaryl/α,β-unsaturated/α-hetero) is 1. The highest BCUT2D eigenvalue weighted by Crippen LogP contribution is 2.57. The van der Waals surface area contributed by atoms with Crippen molar-refractivity contribution in [2.24, 2.45) is 23.7 Å². The van der Waals surface area contributed by atoms with Crippen LogP contribution in [0, 0.1) is 23.7 Å². The van der Waals surface area contributed by atoms with Gasteiger partial charge in [0.05, 0.1) is 11.5 Å². The molecule has 2 saturated carbocycles. The maximum absolute atomic E-state index is 11.4. The molecule has 2 aliphatic carbocycles. The lowest BCUT2D eigenvalue weighted by molar-refractivity contribution is -0.128. The van der Waals surface area contributed by atoms with E-state index in [-0.39, 0.29) is 17.6 Å². The Bertz CT molecular complexity index is 370. The summed E-state index contributed by atoms with van der Waals surface area (Å²) in [6.07, 6.45) is 1.64. The van der Waals surface area contributed by atoms with Gasteiger partial charge in [0.2, 0.25) is 0 Å². The van der Waals surface area contributed by atoms with Crippen molar-refractivity contribution in [1.29, 1.82) is 0 Å². The monoisotopic (exact) mass is 200 g/mol. The SMILES string of the molecule is O=C1CC[C@H]2[C@@H]3CS(=O)(=O)C[C@@H]3[C@@H]12. The molecule has 0 aromatic heterocycles. The molecule has 0 spiro atoms. The Hall–Kier alpha value is -0.380. The van der Waals surface area contributed by atoms with Crippen molar-refractivity contribution in [1.82, 2.24) is 0 Å². The molecule has 72 valence electrons. The number of hydrogen-bond donors (Lipinski definition) is 0. The molecule has 0 aromatic rings. The van der Waals surface area contributed by atoms with E-state index in [9.17, 15) is 13.2 Å². The molecule has 4 atom stereocenters. The average molecular weight is 200 g/mol. The summed E-state index contributed by atoms with van der Waals surface area (Å²) < 4.78 is 22.6. The maximum Gasteiger partial charge on any atom is 0.150 e. The third-order valence-electron chi connectivity index (χ3n) is 4.01. The predicted molar refractivity (Wildman–Crippen MR) is 46.9 cm³/mol. The molecule has 3 aliphatic rings. The van der Waals surface area contributed by atoms with Crippen molar-refractivity contribution in [2.75, 3.05) is 11.5 Å². The summed E-state index contributed by atoms with van der Waals surface area (Å²) in [5, 5.41) is 0. The van der Waals surface area contributed by atoms with Gasteiger partial charge < -0.3 is 0 Å². The van der Waals surface area contributed by atoms with Crippen LogP contribution < -0.4 is 0 Å². The minimum Gasteiger partial charge on any atom is -0.299 e. The van der Waals surface area contributed by atoms with Crippen molar-refractivity contribution in [2.45, 2.75) is 12.8 Å². The molecule has 1 aliphatic heterocycles. The topological polar surface area (TPSA) is 51.2 Å². The van der Waals surface area contributed by atoms with E-state index in [0.29, 0.717) is 29.8 Å². The van der Waals surface area contributed by atoms with Crippen LogP contribution in [0.5, 0.6) is 0 Å². The van der Waals surface area contributed by atoms with Gasteiger partial charge in [0, 0.05) is 12.3 Å². The van der Waals surface area contributed by atoms with E-state index in [1.54, 1.807) is 0 Å². The van der Waals surface area contributed by atoms with Gasteiger partial charge in [-0.05, 0) is 24.2 Å². The highest BCUT2D eigenvalue weighted by Gasteiger charge is 2.61. The Morgan fingerprint density at radius 3 is 2.54 bits per heavy atom. The molecular weight excluding hydrogens is 188 g/mol. The van der Waals surface area contributed by atoms with Crippen LogP contribution >= 0.6 is 0 Å². The van der Waals surface area contributed by atoms with Gasteiger partial charge in [-0.3, -0.25) is 4.79 Å². The molecule has 0 radical (unpaired) electrons. The maximum atomic E-state index is 11.4. The molecular formula is C9H12O3S. The zero-order valence-electron chi connectivity index (χ0n) is 7.27. The second-order valence-electron chi connectivity index (χ2n) is 4.60. The first-order chi connectivity index (χ1) is 6.08. The quantitative estimate of drug-likeness (QED) is 0.563. The van der Waals surface area contributed by atoms with Crippen LogP contribution in [0.3, 0.4) is 0 Å². The zero-order chi connectivity index (χ0) is 9.22. The summed E-state index contributed by atoms with van der Waals surface area (Å²) in [5.74, 6) is 2.04. The Morgan fingerprint density at radius 2 is 1.77 bits per heavy atom. The third kappa shape index (κ3) is 0.897. The fraction of sp³-hybridized carbons (Fsp3) is 0.889. The van der Waals surface area contributed by atoms with Crippen LogP contribution in [-0.2, 0) is 14.6 Å². The van der Waals surface area contributed by atoms with Gasteiger partial charge in [0.15, 0.2) is 9.84 Å². The summed E-state index contributed by atoms with van der Waals surface area (Å²) in [6.45, 7) is 0. The summed E-state index contributed by atoms with van der Waals surface area (Å²) in [5.41, 5.74) is 0. The number of rotatable bonds is 0. The Kier molecular flexibility index (Phi) is 1.33. The first-order valence-corrected chi connectivity index (χ1v) is 6.64. The second-order valence-corrected chi connectivity index (χ2v) is 6.75. The molecule has 3 nitrogen and oxygen atoms in total. The van der Waals surface area contributed by atoms with Crippen LogP contribution in [0.15, 0.2) is 0 Å². The largest absolute Gasteiger partial charge is 0.299 e. The van der Waals surface area contributed by atoms with Crippen LogP contribution in [0.25, 0.3) is 0 Å². The lowest BCUT2D eigenvalue weighted by Gasteiger charge is -2.42. The molecule has 4 heteroatoms. The zero-order valence-corrected chi connectivity index (χ0v) is 8.09. The van der Waals surface area contributed by atoms with E-state index in [2.05, 4.69) is 0 Å². The molecule has 3 rings (SSSR count). The average Bonchev–Trinajstić information content (AvgIpc) is 2.46. The van der Waals surface area contributed by atoms with Crippen LogP contribution in [0.4, 0.5) is 0 Å². The summed E-state index contributed by atoms with van der Waals surface area (Å²) in [6, 6.07) is 0. The van der Waals surface area contributed by atoms with Crippen LogP contribution in [0.1, 0.15) is 12.8 Å². The van der Waals surface area contributed by atoms with Crippen molar-refractivity contribution in [3.05, 3.63) is 0 Å². The normalized spacial score (nSPS) is 51.2. The van der Waals surface area contributed by atoms with Crippen LogP contribution in [-0.4, -0.2) is 25.7 Å². The van der Waals surface area contributed by atoms with E-state index in [1.807, 2.05) is 0 Å². The predicted octanol–water partition coefficient (Wildman–Crippen LogP) is 0.256. The fourth-order valence-electron chi connectivity index (χ4n) is 3.50. The highest BCUT2D eigenvalue weighted by molar-refractivity contribution is 7.91. The fourth-order valence-corrected chi connectivity index (χ4v) is 5.76. The standard InChI is InChI=1S/C9H12O3S/c10-8-2-1-5-6-3-13(11,12)4-7(6)9(5)8/h5-7,9H,1-4H2/t5-,6-,7-,9-/m0/s1. The van der Waals surface area contributed by atoms with Gasteiger partial charge in [-0.15, -0.1) is 0 Å². The number of ketones is 1. The van der Waals surface area contributed by atoms with Gasteiger partial charge in [0.25, 0.3) is 0 Å². The molecule has 0 bridgehead atoms. The molecule has 0 unspecified atom stereocenters. The van der Waals surface area contributed by atoms with Gasteiger partial charge in [-0.2, -0.15) is 0 Å². The minimum absolute atomic E-state index is 0.127. The van der Waals surface area contributed by atoms with Crippen molar-refractivity contribution in [3.63, 3.8) is 0 Å². The molecule has 0 amide bonds. The number of carbonyl (C=O) groups excluding carboxylic acids is 1. The van der Waals surface area contributed by atoms with Crippen molar-refractivity contribution >= 4 is 15.6 Å². The molecule has 3 fully saturated rings. The number of carbonyl (C=O) groups is 1. The van der Waals surface area contributed by atoms with Gasteiger partial charge in [0.1, 0.15) is 5.78 Å². The molecule has 1 heterocycles. The van der Waals surface area contributed by atoms with Gasteiger partial charge >= 0.3 is 0 Å². The van der Waals surface area contributed by atoms with E-state index in [0.717, 1.165) is 6.42 Å². The first kappa shape index (κ1) is 7.97. The van der Waals surface area contributed by atoms with Crippen LogP contribution in [0.2, 0.25) is 0 Å². The molecule has 1 saturated heterocycles. The molecule has 0 N–H and O–H groups in total. The Labute approximate surface area is 77.4 Å². The Balaban J connectivity index is 1.93. The minimum atomic E-state index is -2.80. The number of sulfone groups is 1. The van der Waals surface area contributed by atoms with Gasteiger partial charge in [-0.25, -0.2) is 8.42 Å². The summed E-state index contributed by atoms with van der Waals surface area (Å²) >= 11 is 0. The summed E-state index contributed by atoms with van der Waals surface area (Å²) in [7, 11) is -2.80. The highest BCUT2D eigenvalue weighted by atomic mass is 32.2. The second kappa shape index (κ2) is 2.16. The number of fused-ring (bicyclic) bond motifs is 4. The third-order valence-corrected chi connectivity index (χ3v) is 5.80. The smallest absolute Gasteiger partial charge is 0.150 e. The van der Waals surface area contributed by atoms with Crippen molar-refractivity contribution < 1.29 is 13.2 Å². The lowest BCUT2D eigenvalue weighted by atomic mass is 9.60. The van der Waals surface area contributed by atoms with E-state index >= 15 is 0 Å². The van der Waals surface area contributed by atoms with Gasteiger partial charge in [-0.1, -0.05) is 0 Å². The number of hydrogen-bond acceptors (Lipinski definition) is 3. The van der Waals surface area contributed by atoms with E-state index in [4.69, 9.17) is 0 Å². The van der Waals surface area contributed by atoms with E-state index in [1.165, 1.54) is 0 Å². The Morgan fingerprint density at radius 1 is 1.08 bits per heavy atom. The van der Waals surface area contributed by atoms with Crippen molar-refractivity contribution in [3.8, 4) is 0 Å². The van der Waals surface area contributed by atoms with E-state index < -0.39 is 9.84 Å². The molecule has 0 aromatic carbocycles. The summed E-state index contributed by atoms with van der Waals surface area (Å²) in [4.78, 5) is 11.4. The molecule has 13 heavy (non-hydrogen) atoms.